The number of esters is 1. The second-order valence-corrected chi connectivity index (χ2v) is 36.4. The quantitative estimate of drug-likeness (QED) is 0.00388. The number of amides is 1. The summed E-state index contributed by atoms with van der Waals surface area (Å²) in [5.41, 5.74) is 35.6. The Balaban J connectivity index is 0.000000154. The third kappa shape index (κ3) is 24.7. The number of methoxy groups -OCH3 is 1. The lowest BCUT2D eigenvalue weighted by Gasteiger charge is -2.21. The van der Waals surface area contributed by atoms with E-state index in [0.29, 0.717) is 117 Å². The molecule has 0 unspecified atom stereocenters. The second-order valence-electron chi connectivity index (χ2n) is 31.3. The summed E-state index contributed by atoms with van der Waals surface area (Å²) in [6.45, 7) is 12.2. The Bertz CT molecular complexity index is 7000. The summed E-state index contributed by atoms with van der Waals surface area (Å²) in [4.78, 5) is 111. The highest BCUT2D eigenvalue weighted by atomic mass is 127. The molecule has 2 saturated carbocycles. The molecule has 5 heterocycles. The maximum Gasteiger partial charge on any atom is 0.342 e. The SMILES string of the molecule is CC(=O)Cc1cccc(-n2c(=O)n(C3CC3)c(=O)c3c(Nc4ccc(I)cc4F)n(C)c(=O)c(C)c32)c1.COc1cccc(-c2cc(=O)c3ccccc3o2)c1N.C[C@H]1C/C=C\C(=O)[C@@H](O)[C@@H](O)C[C@H]2O[C@@H]2c2cc(CO)cc(O)c2C(=O)O1.O=C(NOCC1CC1)c1ccc(F)c(F)c1Nc1ccc(I)cc1Cl.[C-]#[N+]C(=C(/N)Sc1ccccc1N)/C(C#N)=C(\N)Sc1ccccc1N. The number of anilines is 7. The van der Waals surface area contributed by atoms with E-state index in [0.717, 1.165) is 52.1 Å². The molecule has 30 nitrogen and oxygen atoms in total. The normalized spacial score (nSPS) is 16.6. The number of aromatic nitrogens is 3. The minimum Gasteiger partial charge on any atom is -0.507 e. The largest absolute Gasteiger partial charge is 0.507 e. The number of rotatable bonds is 20. The van der Waals surface area contributed by atoms with Gasteiger partial charge < -0.3 is 78.4 Å². The number of ketones is 2. The topological polar surface area (TPSA) is 480 Å². The number of nitrogen functional groups attached to an aromatic ring is 3. The number of phenolic OH excluding ortho intramolecular Hbond substituents is 1. The number of halogens is 6. The lowest BCUT2D eigenvalue weighted by molar-refractivity contribution is -0.128. The molecule has 135 heavy (non-hydrogen) atoms. The first kappa shape index (κ1) is 101. The van der Waals surface area contributed by atoms with Gasteiger partial charge in [0.1, 0.15) is 69.5 Å². The van der Waals surface area contributed by atoms with Crippen LogP contribution in [-0.4, -0.2) is 95.7 Å². The van der Waals surface area contributed by atoms with E-state index in [1.807, 2.05) is 46.9 Å². The van der Waals surface area contributed by atoms with Crippen LogP contribution >= 0.6 is 80.3 Å². The van der Waals surface area contributed by atoms with Crippen LogP contribution < -0.4 is 71.8 Å². The monoisotopic (exact) mass is 2120 g/mol. The van der Waals surface area contributed by atoms with E-state index in [1.54, 1.807) is 142 Å². The van der Waals surface area contributed by atoms with Crippen LogP contribution in [0.2, 0.25) is 5.02 Å². The second kappa shape index (κ2) is 45.2. The number of hydrogen-bond acceptors (Lipinski definition) is 27. The number of aliphatic hydroxyl groups excluding tert-OH is 3. The molecule has 16 rings (SSSR count). The van der Waals surface area contributed by atoms with Gasteiger partial charge in [0.25, 0.3) is 17.0 Å². The number of carbonyl (C=O) groups is 4. The van der Waals surface area contributed by atoms with Gasteiger partial charge in [-0.3, -0.25) is 47.3 Å². The van der Waals surface area contributed by atoms with Crippen molar-refractivity contribution in [3.8, 4) is 34.6 Å². The minimum absolute atomic E-state index is 0.00718. The summed E-state index contributed by atoms with van der Waals surface area (Å²) in [7, 11) is 3.05. The molecule has 0 spiro atoms. The van der Waals surface area contributed by atoms with Gasteiger partial charge in [-0.25, -0.2) is 33.1 Å². The number of nitriles is 1. The molecule has 3 fully saturated rings. The number of Topliss-reactive ketones (excluding diaryl/α,β-unsaturated/α-hetero) is 1. The third-order valence-electron chi connectivity index (χ3n) is 21.3. The Morgan fingerprint density at radius 3 is 2.07 bits per heavy atom. The van der Waals surface area contributed by atoms with Gasteiger partial charge in [0.05, 0.1) is 111 Å². The lowest BCUT2D eigenvalue weighted by atomic mass is 9.95. The Morgan fingerprint density at radius 2 is 1.43 bits per heavy atom. The summed E-state index contributed by atoms with van der Waals surface area (Å²) in [5, 5.41) is 56.2. The molecule has 5 atom stereocenters. The molecular weight excluding hydrogens is 2030 g/mol. The first-order valence-corrected chi connectivity index (χ1v) is 45.7. The number of allylic oxidation sites excluding steroid dienone is 1. The zero-order chi connectivity index (χ0) is 97.5. The number of nitrogens with zero attached hydrogens (tertiary/aromatic N) is 5. The highest BCUT2D eigenvalue weighted by Crippen LogP contribution is 2.47. The maximum absolute atomic E-state index is 14.8. The van der Waals surface area contributed by atoms with Crippen molar-refractivity contribution >= 4 is 166 Å². The first-order valence-electron chi connectivity index (χ1n) is 41.5. The van der Waals surface area contributed by atoms with Crippen molar-refractivity contribution in [1.29, 1.82) is 5.26 Å². The summed E-state index contributed by atoms with van der Waals surface area (Å²) in [6, 6.07) is 51.4. The van der Waals surface area contributed by atoms with Crippen molar-refractivity contribution in [2.75, 3.05) is 41.6 Å². The number of epoxide rings is 1. The van der Waals surface area contributed by atoms with E-state index in [2.05, 4.69) is 43.5 Å². The van der Waals surface area contributed by atoms with Crippen LogP contribution in [0.25, 0.3) is 43.7 Å². The van der Waals surface area contributed by atoms with Crippen LogP contribution in [0.5, 0.6) is 11.5 Å². The maximum atomic E-state index is 14.8. The standard InChI is InChI=1S/C27H24FIN4O4.C19H22O8.C18H16N6S2.C17H14ClF2IN2O2.C16H13NO3/c1-14(34)11-16-5-4-6-19(12-16)32-23-15(2)25(35)31(3)24(30-21-10-7-17(29)13-20(21)28)22(23)26(36)33(27(32)37)18-8-9-18;1-9-3-2-4-12(21)17(24)14(23)7-15-18(27-15)11-5-10(8-20)6-13(22)16(11)19(25)26-9;1-24-16(18(23)26-15-9-5-3-7-13(15)21)11(10-19)17(22)25-14-8-4-2-6-12(14)20;18-12-7-10(21)3-6-14(12)22-16-11(4-5-13(19)15(16)20)17(24)23-25-8-9-1-2-9;1-19-14-8-4-6-11(16(14)17)15-9-12(18)10-5-2-3-7-13(10)20-15/h4-7,10,12-13,18,30H,8-9,11H2,1-3H3;2,4-6,9,14-15,17-18,20,22-24H,3,7-8H2,1H3;2-9H,20-23H2;3-7,9,22H,1-2,8H2,(H,23,24);2-9H,17H2,1H3/b;4-2-;17-11+,18-16-;;/t;9-,14-,15+,17+,18+;;;/m.0.../s1. The first-order chi connectivity index (χ1) is 64.5. The smallest absolute Gasteiger partial charge is 0.342 e. The molecule has 0 radical (unpaired) electrons. The number of aryl methyl sites for hydroxylation is 1. The van der Waals surface area contributed by atoms with Crippen LogP contribution in [0, 0.1) is 55.3 Å². The molecule has 17 N–H and O–H groups in total. The summed E-state index contributed by atoms with van der Waals surface area (Å²) in [5.74, 6) is -3.65. The fourth-order valence-electron chi connectivity index (χ4n) is 14.1. The van der Waals surface area contributed by atoms with Gasteiger partial charge in [0, 0.05) is 83.4 Å². The Morgan fingerprint density at radius 1 is 0.770 bits per heavy atom. The predicted octanol–water partition coefficient (Wildman–Crippen LogP) is 16.2. The number of hydroxylamine groups is 1. The number of benzene rings is 9. The van der Waals surface area contributed by atoms with E-state index < -0.39 is 82.4 Å². The van der Waals surface area contributed by atoms with Gasteiger partial charge in [-0.1, -0.05) is 95.8 Å². The fraction of sp³-hybridized carbons (Fsp3) is 0.216. The van der Waals surface area contributed by atoms with Crippen LogP contribution in [-0.2, 0) is 44.0 Å². The van der Waals surface area contributed by atoms with Crippen molar-refractivity contribution in [3.63, 3.8) is 0 Å². The van der Waals surface area contributed by atoms with Gasteiger partial charge >= 0.3 is 11.7 Å². The number of aliphatic hydroxyl groups is 3. The van der Waals surface area contributed by atoms with Crippen molar-refractivity contribution in [2.24, 2.45) is 24.4 Å². The Labute approximate surface area is 810 Å². The fourth-order valence-corrected chi connectivity index (χ4v) is 17.1. The van der Waals surface area contributed by atoms with Crippen LogP contribution in [0.15, 0.2) is 249 Å². The number of hydrogen-bond donors (Lipinski definition) is 12. The zero-order valence-electron chi connectivity index (χ0n) is 72.7. The number of aromatic hydroxyl groups is 1. The molecule has 38 heteroatoms. The van der Waals surface area contributed by atoms with Crippen LogP contribution in [0.1, 0.15) is 107 Å². The molecular formula is C97H89ClF3I2N13O17S2. The average molecular weight is 2120 g/mol. The van der Waals surface area contributed by atoms with Gasteiger partial charge in [0.15, 0.2) is 22.8 Å². The molecule has 2 aliphatic heterocycles. The van der Waals surface area contributed by atoms with Gasteiger partial charge in [-0.05, 0) is 236 Å². The molecule has 698 valence electrons. The van der Waals surface area contributed by atoms with Gasteiger partial charge in [-0.15, -0.1) is 0 Å². The van der Waals surface area contributed by atoms with Crippen molar-refractivity contribution < 1.29 is 76.2 Å². The summed E-state index contributed by atoms with van der Waals surface area (Å²) < 4.78 is 70.0. The Hall–Kier alpha value is -13.2. The molecule has 1 saturated heterocycles. The Kier molecular flexibility index (Phi) is 33.8. The molecule has 1 amide bonds. The van der Waals surface area contributed by atoms with E-state index in [1.165, 1.54) is 70.1 Å². The zero-order valence-corrected chi connectivity index (χ0v) is 79.4. The molecule has 2 aliphatic carbocycles. The van der Waals surface area contributed by atoms with E-state index in [-0.39, 0.29) is 115 Å². The summed E-state index contributed by atoms with van der Waals surface area (Å²) in [6.07, 6.45) is 1.80. The van der Waals surface area contributed by atoms with E-state index in [9.17, 15) is 77.2 Å². The molecule has 0 bridgehead atoms. The highest BCUT2D eigenvalue weighted by Gasteiger charge is 2.46. The number of nitrogens with two attached hydrogens (primary N) is 5. The number of pyridine rings is 1. The number of fused-ring (bicyclic) bond motifs is 5. The van der Waals surface area contributed by atoms with E-state index in [4.69, 9.17) is 70.3 Å². The third-order valence-corrected chi connectivity index (χ3v) is 25.0. The number of ether oxygens (including phenoxy) is 3. The lowest BCUT2D eigenvalue weighted by Crippen LogP contribution is -2.41. The molecule has 12 aromatic rings. The number of para-hydroxylation sites is 4. The number of thioether (sulfide) groups is 2. The van der Waals surface area contributed by atoms with Crippen molar-refractivity contribution in [2.45, 2.75) is 119 Å². The van der Waals surface area contributed by atoms with Gasteiger partial charge in [0.2, 0.25) is 5.70 Å². The molecule has 4 aliphatic rings. The predicted molar refractivity (Wildman–Crippen MR) is 528 cm³/mol. The van der Waals surface area contributed by atoms with Crippen molar-refractivity contribution in [3.05, 3.63) is 331 Å². The number of phenols is 1. The number of cyclic esters (lactones) is 1. The summed E-state index contributed by atoms with van der Waals surface area (Å²) >= 11 is 12.4. The molecule has 9 aromatic carbocycles. The van der Waals surface area contributed by atoms with E-state index >= 15 is 0 Å². The van der Waals surface area contributed by atoms with Crippen LogP contribution in [0.4, 0.5) is 53.1 Å². The van der Waals surface area contributed by atoms with Gasteiger partial charge in [-0.2, -0.15) is 5.26 Å². The highest BCUT2D eigenvalue weighted by molar-refractivity contribution is 14.1. The number of nitrogens with one attached hydrogen (secondary N) is 3. The minimum atomic E-state index is -1.58. The number of carbonyl (C=O) groups excluding carboxylic acids is 4. The molecule has 3 aromatic heterocycles. The van der Waals surface area contributed by atoms with Crippen LogP contribution in [0.3, 0.4) is 0 Å². The average Bonchev–Trinajstić information content (AvgIpc) is 1.68. The van der Waals surface area contributed by atoms with Crippen molar-refractivity contribution in [1.82, 2.24) is 19.2 Å².